The van der Waals surface area contributed by atoms with Gasteiger partial charge in [0, 0.05) is 45.1 Å². The number of carbonyl (C=O) groups is 1. The highest BCUT2D eigenvalue weighted by molar-refractivity contribution is 5.74. The zero-order valence-electron chi connectivity index (χ0n) is 14.4. The van der Waals surface area contributed by atoms with Crippen molar-refractivity contribution >= 4 is 12.0 Å². The molecule has 1 aromatic carbocycles. The molecule has 1 aliphatic rings. The second-order valence-corrected chi connectivity index (χ2v) is 5.86. The molecule has 0 bridgehead atoms. The molecule has 0 atom stereocenters. The van der Waals surface area contributed by atoms with Gasteiger partial charge in [-0.15, -0.1) is 0 Å². The van der Waals surface area contributed by atoms with E-state index < -0.39 is 0 Å². The lowest BCUT2D eigenvalue weighted by molar-refractivity contribution is 0.194. The average Bonchev–Trinajstić information content (AvgIpc) is 2.69. The minimum Gasteiger partial charge on any atom is -0.497 e. The van der Waals surface area contributed by atoms with Crippen LogP contribution in [0, 0.1) is 0 Å². The van der Waals surface area contributed by atoms with E-state index in [1.165, 1.54) is 0 Å². The second kappa shape index (κ2) is 8.32. The van der Waals surface area contributed by atoms with Crippen LogP contribution in [0.5, 0.6) is 5.75 Å². The third kappa shape index (κ3) is 4.59. The van der Waals surface area contributed by atoms with Gasteiger partial charge >= 0.3 is 6.03 Å². The number of benzene rings is 1. The largest absolute Gasteiger partial charge is 0.497 e. The number of rotatable bonds is 5. The number of anilines is 1. The number of nitrogens with one attached hydrogen (secondary N) is 1. The average molecular weight is 341 g/mol. The molecule has 25 heavy (non-hydrogen) atoms. The third-order valence-electron chi connectivity index (χ3n) is 4.23. The number of nitrogens with zero attached hydrogens (tertiary/aromatic N) is 4. The molecule has 1 aromatic heterocycles. The Morgan fingerprint density at radius 3 is 2.64 bits per heavy atom. The van der Waals surface area contributed by atoms with Gasteiger partial charge < -0.3 is 19.9 Å². The predicted octanol–water partition coefficient (Wildman–Crippen LogP) is 1.56. The molecular formula is C18H23N5O2. The normalized spacial score (nSPS) is 14.3. The fourth-order valence-electron chi connectivity index (χ4n) is 2.82. The fraction of sp³-hybridized carbons (Fsp3) is 0.389. The van der Waals surface area contributed by atoms with Crippen molar-refractivity contribution in [2.24, 2.45) is 0 Å². The first-order valence-corrected chi connectivity index (χ1v) is 8.44. The Balaban J connectivity index is 1.42. The van der Waals surface area contributed by atoms with Crippen molar-refractivity contribution in [2.45, 2.75) is 6.42 Å². The van der Waals surface area contributed by atoms with Gasteiger partial charge in [0.15, 0.2) is 0 Å². The van der Waals surface area contributed by atoms with Gasteiger partial charge in [-0.3, -0.25) is 0 Å². The molecule has 2 aromatic rings. The smallest absolute Gasteiger partial charge is 0.317 e. The molecule has 1 aliphatic heterocycles. The predicted molar refractivity (Wildman–Crippen MR) is 95.9 cm³/mol. The summed E-state index contributed by atoms with van der Waals surface area (Å²) in [6.07, 6.45) is 4.25. The van der Waals surface area contributed by atoms with E-state index in [-0.39, 0.29) is 6.03 Å². The van der Waals surface area contributed by atoms with Crippen LogP contribution in [0.25, 0.3) is 0 Å². The molecule has 1 saturated heterocycles. The Kier molecular flexibility index (Phi) is 5.66. The summed E-state index contributed by atoms with van der Waals surface area (Å²) in [4.78, 5) is 24.7. The first kappa shape index (κ1) is 17.0. The standard InChI is InChI=1S/C18H23N5O2/c1-25-16-5-2-4-15(14-16)6-9-21-18(24)23-12-10-22(11-13-23)17-19-7-3-8-20-17/h2-5,7-8,14H,6,9-13H2,1H3,(H,21,24). The molecule has 0 unspecified atom stereocenters. The summed E-state index contributed by atoms with van der Waals surface area (Å²) < 4.78 is 5.21. The summed E-state index contributed by atoms with van der Waals surface area (Å²) in [7, 11) is 1.65. The monoisotopic (exact) mass is 341 g/mol. The van der Waals surface area contributed by atoms with Crippen molar-refractivity contribution in [1.82, 2.24) is 20.2 Å². The van der Waals surface area contributed by atoms with E-state index in [1.54, 1.807) is 25.6 Å². The van der Waals surface area contributed by atoms with E-state index in [0.717, 1.165) is 36.8 Å². The van der Waals surface area contributed by atoms with Crippen LogP contribution < -0.4 is 15.0 Å². The van der Waals surface area contributed by atoms with Gasteiger partial charge in [0.25, 0.3) is 0 Å². The topological polar surface area (TPSA) is 70.6 Å². The van der Waals surface area contributed by atoms with Crippen LogP contribution in [-0.4, -0.2) is 60.7 Å². The van der Waals surface area contributed by atoms with Crippen molar-refractivity contribution in [3.63, 3.8) is 0 Å². The highest BCUT2D eigenvalue weighted by Crippen LogP contribution is 2.13. The Bertz CT molecular complexity index is 687. The molecule has 132 valence electrons. The number of hydrogen-bond donors (Lipinski definition) is 1. The number of hydrogen-bond acceptors (Lipinski definition) is 5. The van der Waals surface area contributed by atoms with Crippen molar-refractivity contribution in [2.75, 3.05) is 44.7 Å². The van der Waals surface area contributed by atoms with Gasteiger partial charge in [-0.2, -0.15) is 0 Å². The highest BCUT2D eigenvalue weighted by atomic mass is 16.5. The first-order valence-electron chi connectivity index (χ1n) is 8.44. The van der Waals surface area contributed by atoms with Gasteiger partial charge in [-0.25, -0.2) is 14.8 Å². The summed E-state index contributed by atoms with van der Waals surface area (Å²) in [5.74, 6) is 1.56. The van der Waals surface area contributed by atoms with Gasteiger partial charge in [-0.05, 0) is 30.2 Å². The van der Waals surface area contributed by atoms with Crippen molar-refractivity contribution in [1.29, 1.82) is 0 Å². The maximum Gasteiger partial charge on any atom is 0.317 e. The van der Waals surface area contributed by atoms with Crippen molar-refractivity contribution in [3.8, 4) is 5.75 Å². The van der Waals surface area contributed by atoms with Crippen LogP contribution in [0.15, 0.2) is 42.7 Å². The Hall–Kier alpha value is -2.83. The number of methoxy groups -OCH3 is 1. The molecule has 7 heteroatoms. The molecule has 2 heterocycles. The zero-order chi connectivity index (χ0) is 17.5. The molecule has 1 N–H and O–H groups in total. The number of urea groups is 1. The minimum absolute atomic E-state index is 0.0171. The first-order chi connectivity index (χ1) is 12.3. The number of aromatic nitrogens is 2. The molecule has 0 aliphatic carbocycles. The van der Waals surface area contributed by atoms with Crippen LogP contribution >= 0.6 is 0 Å². The maximum atomic E-state index is 12.3. The summed E-state index contributed by atoms with van der Waals surface area (Å²) in [5, 5.41) is 2.99. The van der Waals surface area contributed by atoms with Crippen LogP contribution in [0.2, 0.25) is 0 Å². The zero-order valence-corrected chi connectivity index (χ0v) is 14.4. The lowest BCUT2D eigenvalue weighted by atomic mass is 10.1. The van der Waals surface area contributed by atoms with Crippen LogP contribution in [-0.2, 0) is 6.42 Å². The molecule has 0 saturated carbocycles. The molecule has 0 radical (unpaired) electrons. The van der Waals surface area contributed by atoms with Crippen molar-refractivity contribution in [3.05, 3.63) is 48.3 Å². The molecule has 3 rings (SSSR count). The summed E-state index contributed by atoms with van der Waals surface area (Å²) in [6.45, 7) is 3.43. The minimum atomic E-state index is -0.0171. The highest BCUT2D eigenvalue weighted by Gasteiger charge is 2.22. The van der Waals surface area contributed by atoms with E-state index in [0.29, 0.717) is 19.6 Å². The third-order valence-corrected chi connectivity index (χ3v) is 4.23. The van der Waals surface area contributed by atoms with Gasteiger partial charge in [0.1, 0.15) is 5.75 Å². The quantitative estimate of drug-likeness (QED) is 0.894. The maximum absolute atomic E-state index is 12.3. The molecule has 1 fully saturated rings. The van der Waals surface area contributed by atoms with Gasteiger partial charge in [0.05, 0.1) is 7.11 Å². The van der Waals surface area contributed by atoms with Crippen LogP contribution in [0.4, 0.5) is 10.7 Å². The second-order valence-electron chi connectivity index (χ2n) is 5.86. The van der Waals surface area contributed by atoms with Crippen LogP contribution in [0.1, 0.15) is 5.56 Å². The van der Waals surface area contributed by atoms with E-state index in [1.807, 2.05) is 29.2 Å². The molecule has 2 amide bonds. The summed E-state index contributed by atoms with van der Waals surface area (Å²) in [6, 6.07) is 9.68. The number of piperazine rings is 1. The number of ether oxygens (including phenoxy) is 1. The summed E-state index contributed by atoms with van der Waals surface area (Å²) >= 11 is 0. The van der Waals surface area contributed by atoms with Gasteiger partial charge in [0.2, 0.25) is 5.95 Å². The fourth-order valence-corrected chi connectivity index (χ4v) is 2.82. The van der Waals surface area contributed by atoms with E-state index in [9.17, 15) is 4.79 Å². The Labute approximate surface area is 147 Å². The van der Waals surface area contributed by atoms with E-state index in [4.69, 9.17) is 4.74 Å². The lowest BCUT2D eigenvalue weighted by Gasteiger charge is -2.34. The van der Waals surface area contributed by atoms with Crippen LogP contribution in [0.3, 0.4) is 0 Å². The van der Waals surface area contributed by atoms with E-state index >= 15 is 0 Å². The molecule has 7 nitrogen and oxygen atoms in total. The lowest BCUT2D eigenvalue weighted by Crippen LogP contribution is -2.52. The molecule has 0 spiro atoms. The summed E-state index contributed by atoms with van der Waals surface area (Å²) in [5.41, 5.74) is 1.14. The Morgan fingerprint density at radius 1 is 1.16 bits per heavy atom. The van der Waals surface area contributed by atoms with Gasteiger partial charge in [-0.1, -0.05) is 12.1 Å². The van der Waals surface area contributed by atoms with Crippen molar-refractivity contribution < 1.29 is 9.53 Å². The number of carbonyl (C=O) groups excluding carboxylic acids is 1. The number of amides is 2. The Morgan fingerprint density at radius 2 is 1.92 bits per heavy atom. The molecular weight excluding hydrogens is 318 g/mol. The SMILES string of the molecule is COc1cccc(CCNC(=O)N2CCN(c3ncccn3)CC2)c1. The van der Waals surface area contributed by atoms with E-state index in [2.05, 4.69) is 20.2 Å².